The molecule has 4 heterocycles. The van der Waals surface area contributed by atoms with Crippen LogP contribution in [0.15, 0.2) is 30.7 Å². The van der Waals surface area contributed by atoms with Crippen molar-refractivity contribution in [2.24, 2.45) is 0 Å². The predicted octanol–water partition coefficient (Wildman–Crippen LogP) is 3.08. The van der Waals surface area contributed by atoms with E-state index in [2.05, 4.69) is 21.4 Å². The molecular weight excluding hydrogens is 558 g/mol. The molecule has 1 amide bonds. The van der Waals surface area contributed by atoms with E-state index in [1.807, 2.05) is 6.07 Å². The molecule has 14 heteroatoms. The molecule has 0 saturated carbocycles. The predicted molar refractivity (Wildman–Crippen MR) is 155 cm³/mol. The van der Waals surface area contributed by atoms with Gasteiger partial charge in [-0.05, 0) is 45.7 Å². The standard InChI is InChI=1S/C29H37N7O7/c1-29(2,3)43-28(38)35(4)18-25(37)42-14-12-40-11-13-41-23-15-22-27(34-26(23)33-21-7-9-39-10-8-21)36(19-32-22)24-6-5-20(16-30)17-31-24/h5-6,15,17,19,21H,7-14,18H2,1-4H3,(H,33,34). The Labute approximate surface area is 249 Å². The van der Waals surface area contributed by atoms with Gasteiger partial charge in [-0.1, -0.05) is 0 Å². The van der Waals surface area contributed by atoms with Crippen LogP contribution >= 0.6 is 0 Å². The summed E-state index contributed by atoms with van der Waals surface area (Å²) >= 11 is 0. The van der Waals surface area contributed by atoms with Gasteiger partial charge in [-0.15, -0.1) is 0 Å². The lowest BCUT2D eigenvalue weighted by atomic mass is 10.1. The van der Waals surface area contributed by atoms with Gasteiger partial charge in [-0.3, -0.25) is 9.36 Å². The Morgan fingerprint density at radius 1 is 1.16 bits per heavy atom. The Morgan fingerprint density at radius 2 is 1.93 bits per heavy atom. The molecule has 0 radical (unpaired) electrons. The van der Waals surface area contributed by atoms with Crippen LogP contribution in [-0.2, 0) is 23.7 Å². The molecule has 4 rings (SSSR count). The third-order valence-corrected chi connectivity index (χ3v) is 6.22. The molecule has 1 aliphatic heterocycles. The third kappa shape index (κ3) is 9.25. The molecule has 0 aliphatic carbocycles. The maximum absolute atomic E-state index is 12.0. The van der Waals surface area contributed by atoms with Gasteiger partial charge in [0.25, 0.3) is 0 Å². The number of carbonyl (C=O) groups excluding carboxylic acids is 2. The van der Waals surface area contributed by atoms with Crippen LogP contribution in [0, 0.1) is 11.3 Å². The Kier molecular flexibility index (Phi) is 10.7. The molecule has 0 bridgehead atoms. The van der Waals surface area contributed by atoms with Gasteiger partial charge in [0.05, 0.1) is 18.8 Å². The number of nitriles is 1. The van der Waals surface area contributed by atoms with Crippen molar-refractivity contribution >= 4 is 29.0 Å². The lowest BCUT2D eigenvalue weighted by molar-refractivity contribution is -0.146. The first-order chi connectivity index (χ1) is 20.6. The van der Waals surface area contributed by atoms with E-state index in [1.165, 1.54) is 13.2 Å². The second kappa shape index (κ2) is 14.6. The highest BCUT2D eigenvalue weighted by Gasteiger charge is 2.22. The highest BCUT2D eigenvalue weighted by Crippen LogP contribution is 2.29. The number of rotatable bonds is 12. The molecule has 43 heavy (non-hydrogen) atoms. The molecule has 3 aromatic rings. The summed E-state index contributed by atoms with van der Waals surface area (Å²) in [7, 11) is 1.47. The quantitative estimate of drug-likeness (QED) is 0.241. The van der Waals surface area contributed by atoms with Crippen LogP contribution < -0.4 is 10.1 Å². The molecule has 1 fully saturated rings. The molecule has 0 spiro atoms. The Morgan fingerprint density at radius 3 is 2.63 bits per heavy atom. The number of amides is 1. The molecule has 230 valence electrons. The van der Waals surface area contributed by atoms with Gasteiger partial charge in [0.15, 0.2) is 17.2 Å². The van der Waals surface area contributed by atoms with Gasteiger partial charge >= 0.3 is 12.1 Å². The zero-order valence-corrected chi connectivity index (χ0v) is 24.9. The zero-order chi connectivity index (χ0) is 30.8. The van der Waals surface area contributed by atoms with Crippen molar-refractivity contribution in [3.63, 3.8) is 0 Å². The number of hydrogen-bond donors (Lipinski definition) is 1. The SMILES string of the molecule is CN(CC(=O)OCCOCCOc1cc2ncn(-c3ccc(C#N)cn3)c2nc1NC1CCOCC1)C(=O)OC(C)(C)C. The Bertz CT molecular complexity index is 1420. The van der Waals surface area contributed by atoms with Crippen LogP contribution in [0.25, 0.3) is 17.0 Å². The molecule has 0 atom stereocenters. The minimum Gasteiger partial charge on any atom is -0.487 e. The number of anilines is 1. The van der Waals surface area contributed by atoms with E-state index >= 15 is 0 Å². The normalized spacial score (nSPS) is 13.7. The number of pyridine rings is 2. The minimum absolute atomic E-state index is 0.0336. The number of nitrogens with one attached hydrogen (secondary N) is 1. The lowest BCUT2D eigenvalue weighted by Crippen LogP contribution is -2.37. The van der Waals surface area contributed by atoms with Crippen LogP contribution in [0.4, 0.5) is 10.6 Å². The fraction of sp³-hybridized carbons (Fsp3) is 0.517. The van der Waals surface area contributed by atoms with E-state index in [0.29, 0.717) is 47.3 Å². The van der Waals surface area contributed by atoms with E-state index in [9.17, 15) is 9.59 Å². The molecular formula is C29H37N7O7. The van der Waals surface area contributed by atoms with Gasteiger partial charge in [-0.2, -0.15) is 5.26 Å². The van der Waals surface area contributed by atoms with Crippen molar-refractivity contribution in [1.82, 2.24) is 24.4 Å². The average molecular weight is 596 g/mol. The summed E-state index contributed by atoms with van der Waals surface area (Å²) in [5.41, 5.74) is 1.02. The van der Waals surface area contributed by atoms with Crippen molar-refractivity contribution in [3.8, 4) is 17.6 Å². The minimum atomic E-state index is -0.653. The highest BCUT2D eigenvalue weighted by molar-refractivity contribution is 5.79. The molecule has 0 unspecified atom stereocenters. The summed E-state index contributed by atoms with van der Waals surface area (Å²) in [6.07, 6.45) is 4.21. The largest absolute Gasteiger partial charge is 0.487 e. The number of hydrogen-bond acceptors (Lipinski definition) is 12. The number of nitrogens with zero attached hydrogens (tertiary/aromatic N) is 6. The number of esters is 1. The number of ether oxygens (including phenoxy) is 5. The van der Waals surface area contributed by atoms with Crippen LogP contribution in [0.3, 0.4) is 0 Å². The highest BCUT2D eigenvalue weighted by atomic mass is 16.6. The molecule has 0 aromatic carbocycles. The van der Waals surface area contributed by atoms with Crippen LogP contribution in [0.1, 0.15) is 39.2 Å². The van der Waals surface area contributed by atoms with E-state index in [4.69, 9.17) is 33.9 Å². The second-order valence-electron chi connectivity index (χ2n) is 10.9. The lowest BCUT2D eigenvalue weighted by Gasteiger charge is -2.24. The van der Waals surface area contributed by atoms with Gasteiger partial charge in [-0.25, -0.2) is 19.7 Å². The smallest absolute Gasteiger partial charge is 0.410 e. The fourth-order valence-electron chi connectivity index (χ4n) is 4.10. The molecule has 3 aromatic heterocycles. The molecule has 1 N–H and O–H groups in total. The first-order valence-electron chi connectivity index (χ1n) is 14.0. The number of carbonyl (C=O) groups is 2. The van der Waals surface area contributed by atoms with Gasteiger partial charge < -0.3 is 33.9 Å². The van der Waals surface area contributed by atoms with Crippen LogP contribution in [0.2, 0.25) is 0 Å². The maximum atomic E-state index is 12.0. The third-order valence-electron chi connectivity index (χ3n) is 6.22. The van der Waals surface area contributed by atoms with Gasteiger partial charge in [0, 0.05) is 38.6 Å². The Hall–Kier alpha value is -4.48. The Balaban J connectivity index is 1.30. The molecule has 14 nitrogen and oxygen atoms in total. The average Bonchev–Trinajstić information content (AvgIpc) is 3.39. The first-order valence-corrected chi connectivity index (χ1v) is 14.0. The first kappa shape index (κ1) is 31.5. The summed E-state index contributed by atoms with van der Waals surface area (Å²) in [6, 6.07) is 7.48. The van der Waals surface area contributed by atoms with Crippen LogP contribution in [0.5, 0.6) is 5.75 Å². The number of likely N-dealkylation sites (N-methyl/N-ethyl adjacent to an activating group) is 1. The monoisotopic (exact) mass is 595 g/mol. The van der Waals surface area contributed by atoms with E-state index in [1.54, 1.807) is 43.8 Å². The fourth-order valence-corrected chi connectivity index (χ4v) is 4.10. The second-order valence-corrected chi connectivity index (χ2v) is 10.9. The summed E-state index contributed by atoms with van der Waals surface area (Å²) in [5.74, 6) is 1.12. The molecule has 1 saturated heterocycles. The zero-order valence-electron chi connectivity index (χ0n) is 24.9. The summed E-state index contributed by atoms with van der Waals surface area (Å²) in [6.45, 7) is 7.02. The summed E-state index contributed by atoms with van der Waals surface area (Å²) in [5, 5.41) is 12.6. The topological polar surface area (TPSA) is 163 Å². The number of fused-ring (bicyclic) bond motifs is 1. The van der Waals surface area contributed by atoms with Crippen molar-refractivity contribution in [2.75, 3.05) is 58.6 Å². The van der Waals surface area contributed by atoms with Crippen molar-refractivity contribution in [1.29, 1.82) is 5.26 Å². The summed E-state index contributed by atoms with van der Waals surface area (Å²) < 4.78 is 29.2. The molecule has 1 aliphatic rings. The summed E-state index contributed by atoms with van der Waals surface area (Å²) in [4.78, 5) is 38.8. The maximum Gasteiger partial charge on any atom is 0.410 e. The number of imidazole rings is 1. The van der Waals surface area contributed by atoms with Crippen molar-refractivity contribution in [2.45, 2.75) is 45.3 Å². The van der Waals surface area contributed by atoms with Crippen molar-refractivity contribution < 1.29 is 33.3 Å². The van der Waals surface area contributed by atoms with E-state index in [0.717, 1.165) is 17.7 Å². The van der Waals surface area contributed by atoms with E-state index in [-0.39, 0.29) is 39.0 Å². The van der Waals surface area contributed by atoms with Gasteiger partial charge in [0.1, 0.15) is 49.1 Å². The van der Waals surface area contributed by atoms with Crippen molar-refractivity contribution in [3.05, 3.63) is 36.3 Å². The van der Waals surface area contributed by atoms with Crippen LogP contribution in [-0.4, -0.2) is 101 Å². The number of aromatic nitrogens is 4. The van der Waals surface area contributed by atoms with Gasteiger partial charge in [0.2, 0.25) is 0 Å². The van der Waals surface area contributed by atoms with E-state index < -0.39 is 17.7 Å².